The Bertz CT molecular complexity index is 571. The molecule has 0 bridgehead atoms. The molecule has 0 aromatic heterocycles. The third kappa shape index (κ3) is 2.26. The van der Waals surface area contributed by atoms with Crippen LogP contribution >= 0.6 is 0 Å². The lowest BCUT2D eigenvalue weighted by Crippen LogP contribution is -2.24. The normalized spacial score (nSPS) is 13.0. The van der Waals surface area contributed by atoms with Crippen molar-refractivity contribution in [1.29, 1.82) is 5.26 Å². The highest BCUT2D eigenvalue weighted by molar-refractivity contribution is 5.44. The fourth-order valence-corrected chi connectivity index (χ4v) is 2.00. The molecule has 2 aromatic carbocycles. The molecule has 2 aromatic rings. The Labute approximate surface area is 108 Å². The molecule has 1 heteroatoms. The van der Waals surface area contributed by atoms with E-state index in [0.29, 0.717) is 6.42 Å². The number of hydrogen-bond donors (Lipinski definition) is 0. The first-order chi connectivity index (χ1) is 8.80. The lowest BCUT2D eigenvalue weighted by atomic mass is 9.77. The molecule has 0 radical (unpaired) electrons. The first-order valence-corrected chi connectivity index (χ1v) is 5.79. The molecule has 0 N–H and O–H groups in total. The lowest BCUT2D eigenvalue weighted by molar-refractivity contribution is 0.706. The molecule has 0 heterocycles. The molecule has 0 fully saturated rings. The highest BCUT2D eigenvalue weighted by Crippen LogP contribution is 2.27. The first kappa shape index (κ1) is 12.0. The number of benzene rings is 2. The maximum absolute atomic E-state index is 9.50. The predicted molar refractivity (Wildman–Crippen MR) is 72.7 cm³/mol. The Morgan fingerprint density at radius 1 is 0.944 bits per heavy atom. The van der Waals surface area contributed by atoms with Crippen molar-refractivity contribution in [2.45, 2.75) is 11.8 Å². The quantitative estimate of drug-likeness (QED) is 0.743. The van der Waals surface area contributed by atoms with E-state index in [1.807, 2.05) is 60.7 Å². The van der Waals surface area contributed by atoms with E-state index in [1.165, 1.54) is 0 Å². The second-order valence-electron chi connectivity index (χ2n) is 4.19. The SMILES string of the molecule is C#C[C@](C#N)(Cc1ccccc1)c1ccccc1. The molecule has 86 valence electrons. The molecule has 0 spiro atoms. The minimum atomic E-state index is -0.886. The van der Waals surface area contributed by atoms with Crippen LogP contribution in [0.3, 0.4) is 0 Å². The van der Waals surface area contributed by atoms with Crippen molar-refractivity contribution in [2.75, 3.05) is 0 Å². The molecule has 1 atom stereocenters. The van der Waals surface area contributed by atoms with Gasteiger partial charge in [0.15, 0.2) is 0 Å². The van der Waals surface area contributed by atoms with Gasteiger partial charge in [-0.15, -0.1) is 6.42 Å². The van der Waals surface area contributed by atoms with Crippen LogP contribution in [0.25, 0.3) is 0 Å². The molecule has 0 aliphatic rings. The van der Waals surface area contributed by atoms with Crippen LogP contribution in [0.15, 0.2) is 60.7 Å². The Hall–Kier alpha value is -2.51. The van der Waals surface area contributed by atoms with Gasteiger partial charge in [0.25, 0.3) is 0 Å². The topological polar surface area (TPSA) is 23.8 Å². The number of nitrogens with zero attached hydrogens (tertiary/aromatic N) is 1. The zero-order valence-corrected chi connectivity index (χ0v) is 10.0. The maximum Gasteiger partial charge on any atom is 0.146 e. The van der Waals surface area contributed by atoms with Gasteiger partial charge < -0.3 is 0 Å². The Kier molecular flexibility index (Phi) is 3.46. The van der Waals surface area contributed by atoms with Crippen molar-refractivity contribution in [3.05, 3.63) is 71.8 Å². The molecular weight excluding hydrogens is 218 g/mol. The van der Waals surface area contributed by atoms with Crippen LogP contribution in [0.2, 0.25) is 0 Å². The molecular formula is C17H13N. The highest BCUT2D eigenvalue weighted by atomic mass is 14.4. The minimum Gasteiger partial charge on any atom is -0.196 e. The van der Waals surface area contributed by atoms with E-state index in [9.17, 15) is 5.26 Å². The van der Waals surface area contributed by atoms with Crippen LogP contribution in [0, 0.1) is 23.7 Å². The molecule has 1 nitrogen and oxygen atoms in total. The summed E-state index contributed by atoms with van der Waals surface area (Å²) < 4.78 is 0. The summed E-state index contributed by atoms with van der Waals surface area (Å²) in [5, 5.41) is 9.50. The lowest BCUT2D eigenvalue weighted by Gasteiger charge is -2.21. The van der Waals surface area contributed by atoms with Crippen molar-refractivity contribution < 1.29 is 0 Å². The van der Waals surface area contributed by atoms with Crippen LogP contribution in [0.1, 0.15) is 11.1 Å². The van der Waals surface area contributed by atoms with Gasteiger partial charge in [0.1, 0.15) is 5.41 Å². The summed E-state index contributed by atoms with van der Waals surface area (Å²) in [5.74, 6) is 2.67. The van der Waals surface area contributed by atoms with Crippen LogP contribution in [-0.2, 0) is 11.8 Å². The van der Waals surface area contributed by atoms with Gasteiger partial charge in [0.2, 0.25) is 0 Å². The van der Waals surface area contributed by atoms with Crippen LogP contribution < -0.4 is 0 Å². The summed E-state index contributed by atoms with van der Waals surface area (Å²) in [5.41, 5.74) is 1.06. The second kappa shape index (κ2) is 5.21. The first-order valence-electron chi connectivity index (χ1n) is 5.79. The van der Waals surface area contributed by atoms with E-state index in [-0.39, 0.29) is 0 Å². The molecule has 0 unspecified atom stereocenters. The second-order valence-corrected chi connectivity index (χ2v) is 4.19. The average Bonchev–Trinajstić information content (AvgIpc) is 2.47. The van der Waals surface area contributed by atoms with E-state index in [2.05, 4.69) is 12.0 Å². The van der Waals surface area contributed by atoms with Crippen LogP contribution in [-0.4, -0.2) is 0 Å². The predicted octanol–water partition coefficient (Wildman–Crippen LogP) is 3.32. The fourth-order valence-electron chi connectivity index (χ4n) is 2.00. The highest BCUT2D eigenvalue weighted by Gasteiger charge is 2.30. The van der Waals surface area contributed by atoms with E-state index >= 15 is 0 Å². The maximum atomic E-state index is 9.50. The summed E-state index contributed by atoms with van der Waals surface area (Å²) in [6, 6.07) is 21.7. The minimum absolute atomic E-state index is 0.533. The summed E-state index contributed by atoms with van der Waals surface area (Å²) in [6.07, 6.45) is 6.16. The summed E-state index contributed by atoms with van der Waals surface area (Å²) in [7, 11) is 0. The van der Waals surface area contributed by atoms with E-state index in [0.717, 1.165) is 11.1 Å². The third-order valence-electron chi connectivity index (χ3n) is 3.02. The number of terminal acetylenes is 1. The molecule has 0 amide bonds. The summed E-state index contributed by atoms with van der Waals surface area (Å²) >= 11 is 0. The summed E-state index contributed by atoms with van der Waals surface area (Å²) in [4.78, 5) is 0. The van der Waals surface area contributed by atoms with Gasteiger partial charge in [-0.3, -0.25) is 0 Å². The molecule has 2 rings (SSSR count). The van der Waals surface area contributed by atoms with Gasteiger partial charge in [-0.05, 0) is 11.1 Å². The van der Waals surface area contributed by atoms with E-state index < -0.39 is 5.41 Å². The summed E-state index contributed by atoms with van der Waals surface area (Å²) in [6.45, 7) is 0. The van der Waals surface area contributed by atoms with E-state index in [1.54, 1.807) is 0 Å². The molecule has 0 aliphatic carbocycles. The van der Waals surface area contributed by atoms with Crippen LogP contribution in [0.5, 0.6) is 0 Å². The number of rotatable bonds is 3. The van der Waals surface area contributed by atoms with E-state index in [4.69, 9.17) is 6.42 Å². The standard InChI is InChI=1S/C17H13N/c1-2-17(14-18,16-11-7-4-8-12-16)13-15-9-5-3-6-10-15/h1,3-12H,13H2/t17-/m1/s1. The largest absolute Gasteiger partial charge is 0.196 e. The zero-order chi connectivity index (χ0) is 12.8. The fraction of sp³-hybridized carbons (Fsp3) is 0.118. The third-order valence-corrected chi connectivity index (χ3v) is 3.02. The van der Waals surface area contributed by atoms with Gasteiger partial charge in [-0.2, -0.15) is 5.26 Å². The monoisotopic (exact) mass is 231 g/mol. The van der Waals surface area contributed by atoms with Gasteiger partial charge in [0, 0.05) is 6.42 Å². The van der Waals surface area contributed by atoms with Crippen molar-refractivity contribution in [3.63, 3.8) is 0 Å². The Morgan fingerprint density at radius 2 is 1.50 bits per heavy atom. The van der Waals surface area contributed by atoms with Gasteiger partial charge in [0.05, 0.1) is 6.07 Å². The van der Waals surface area contributed by atoms with Crippen molar-refractivity contribution in [1.82, 2.24) is 0 Å². The molecule has 0 saturated carbocycles. The Balaban J connectivity index is 2.42. The van der Waals surface area contributed by atoms with Gasteiger partial charge in [-0.1, -0.05) is 66.6 Å². The smallest absolute Gasteiger partial charge is 0.146 e. The van der Waals surface area contributed by atoms with Crippen molar-refractivity contribution in [2.24, 2.45) is 0 Å². The zero-order valence-electron chi connectivity index (χ0n) is 10.0. The van der Waals surface area contributed by atoms with Crippen LogP contribution in [0.4, 0.5) is 0 Å². The van der Waals surface area contributed by atoms with Crippen molar-refractivity contribution >= 4 is 0 Å². The Morgan fingerprint density at radius 3 is 2.00 bits per heavy atom. The molecule has 0 aliphatic heterocycles. The van der Waals surface area contributed by atoms with Gasteiger partial charge >= 0.3 is 0 Å². The van der Waals surface area contributed by atoms with Crippen molar-refractivity contribution in [3.8, 4) is 18.4 Å². The number of nitriles is 1. The van der Waals surface area contributed by atoms with Gasteiger partial charge in [-0.25, -0.2) is 0 Å². The average molecular weight is 231 g/mol. The molecule has 0 saturated heterocycles. The molecule has 18 heavy (non-hydrogen) atoms. The number of hydrogen-bond acceptors (Lipinski definition) is 1.